The van der Waals surface area contributed by atoms with Crippen LogP contribution in [0.15, 0.2) is 89.6 Å². The molecule has 1 aliphatic heterocycles. The second-order valence-electron chi connectivity index (χ2n) is 7.98. The van der Waals surface area contributed by atoms with Crippen molar-refractivity contribution in [1.82, 2.24) is 4.57 Å². The number of halogens is 2. The van der Waals surface area contributed by atoms with Gasteiger partial charge in [0.2, 0.25) is 0 Å². The van der Waals surface area contributed by atoms with Gasteiger partial charge in [0.1, 0.15) is 11.5 Å². The predicted molar refractivity (Wildman–Crippen MR) is 148 cm³/mol. The van der Waals surface area contributed by atoms with Gasteiger partial charge in [0.05, 0.1) is 40.0 Å². The van der Waals surface area contributed by atoms with Crippen molar-refractivity contribution in [2.24, 2.45) is 4.99 Å². The Hall–Kier alpha value is -3.21. The van der Waals surface area contributed by atoms with Crippen LogP contribution in [-0.2, 0) is 9.53 Å². The molecule has 1 atom stereocenters. The standard InChI is InChI=1S/C27H20Br2N2O5S/c1-3-35-26(33)21-22(15-7-5-4-6-8-15)30-27-31(23(21)16-9-11-17(34-2)12-10-16)25(32)20(37-27)14-18-13-19(28)24(29)36-18/h4-14,23H,3H2,1-2H3/b20-14+/t23-/m1/s1. The molecule has 2 aromatic heterocycles. The van der Waals surface area contributed by atoms with Crippen molar-refractivity contribution in [2.45, 2.75) is 13.0 Å². The minimum Gasteiger partial charge on any atom is -0.497 e. The summed E-state index contributed by atoms with van der Waals surface area (Å²) in [4.78, 5) is 32.5. The van der Waals surface area contributed by atoms with Crippen molar-refractivity contribution in [3.05, 3.63) is 112 Å². The fourth-order valence-corrected chi connectivity index (χ4v) is 5.69. The summed E-state index contributed by atoms with van der Waals surface area (Å²) < 4.78 is 19.7. The van der Waals surface area contributed by atoms with E-state index in [-0.39, 0.29) is 12.2 Å². The Morgan fingerprint density at radius 3 is 2.51 bits per heavy atom. The van der Waals surface area contributed by atoms with E-state index < -0.39 is 12.0 Å². The zero-order chi connectivity index (χ0) is 26.1. The van der Waals surface area contributed by atoms with Gasteiger partial charge < -0.3 is 13.9 Å². The fourth-order valence-electron chi connectivity index (χ4n) is 4.11. The maximum absolute atomic E-state index is 13.8. The molecule has 0 saturated carbocycles. The lowest BCUT2D eigenvalue weighted by Crippen LogP contribution is -2.40. The molecule has 0 N–H and O–H groups in total. The molecule has 0 bridgehead atoms. The molecule has 3 heterocycles. The van der Waals surface area contributed by atoms with Gasteiger partial charge in [0.15, 0.2) is 9.47 Å². The van der Waals surface area contributed by atoms with Gasteiger partial charge >= 0.3 is 5.97 Å². The molecule has 0 radical (unpaired) electrons. The lowest BCUT2D eigenvalue weighted by atomic mass is 9.93. The van der Waals surface area contributed by atoms with E-state index in [4.69, 9.17) is 18.9 Å². The average molecular weight is 644 g/mol. The molecule has 0 fully saturated rings. The predicted octanol–water partition coefficient (Wildman–Crippen LogP) is 5.06. The number of furan rings is 1. The van der Waals surface area contributed by atoms with Crippen LogP contribution in [0.5, 0.6) is 5.75 Å². The van der Waals surface area contributed by atoms with E-state index in [1.807, 2.05) is 42.5 Å². The van der Waals surface area contributed by atoms with Crippen LogP contribution in [-0.4, -0.2) is 24.3 Å². The van der Waals surface area contributed by atoms with E-state index in [0.29, 0.717) is 36.8 Å². The number of benzene rings is 2. The summed E-state index contributed by atoms with van der Waals surface area (Å²) >= 11 is 7.96. The third kappa shape index (κ3) is 4.88. The summed E-state index contributed by atoms with van der Waals surface area (Å²) in [6, 6.07) is 17.7. The summed E-state index contributed by atoms with van der Waals surface area (Å²) in [7, 11) is 1.58. The van der Waals surface area contributed by atoms with E-state index in [1.54, 1.807) is 42.9 Å². The van der Waals surface area contributed by atoms with Crippen molar-refractivity contribution in [3.8, 4) is 5.75 Å². The highest BCUT2D eigenvalue weighted by Crippen LogP contribution is 2.35. The van der Waals surface area contributed by atoms with E-state index in [2.05, 4.69) is 31.9 Å². The van der Waals surface area contributed by atoms with Gasteiger partial charge in [-0.2, -0.15) is 0 Å². The van der Waals surface area contributed by atoms with Crippen LogP contribution < -0.4 is 19.6 Å². The molecule has 4 aromatic rings. The second-order valence-corrected chi connectivity index (χ2v) is 10.6. The Morgan fingerprint density at radius 1 is 1.16 bits per heavy atom. The van der Waals surface area contributed by atoms with Crippen LogP contribution in [0.3, 0.4) is 0 Å². The Balaban J connectivity index is 1.82. The SMILES string of the molecule is CCOC(=O)C1=C(c2ccccc2)N=c2s/c(=C/c3cc(Br)c(Br)o3)c(=O)n2[C@@H]1c1ccc(OC)cc1. The molecule has 1 aliphatic rings. The first-order chi connectivity index (χ1) is 17.9. The van der Waals surface area contributed by atoms with Crippen LogP contribution in [0.25, 0.3) is 11.8 Å². The van der Waals surface area contributed by atoms with Crippen molar-refractivity contribution in [1.29, 1.82) is 0 Å². The van der Waals surface area contributed by atoms with Gasteiger partial charge in [-0.15, -0.1) is 0 Å². The monoisotopic (exact) mass is 642 g/mol. The second kappa shape index (κ2) is 10.6. The third-order valence-electron chi connectivity index (χ3n) is 5.74. The van der Waals surface area contributed by atoms with Gasteiger partial charge in [0.25, 0.3) is 5.56 Å². The summed E-state index contributed by atoms with van der Waals surface area (Å²) in [6.45, 7) is 1.93. The van der Waals surface area contributed by atoms with E-state index in [0.717, 1.165) is 15.6 Å². The Bertz CT molecular complexity index is 1670. The highest BCUT2D eigenvalue weighted by molar-refractivity contribution is 9.13. The maximum Gasteiger partial charge on any atom is 0.338 e. The summed E-state index contributed by atoms with van der Waals surface area (Å²) in [5.74, 6) is 0.632. The zero-order valence-corrected chi connectivity index (χ0v) is 23.7. The average Bonchev–Trinajstić information content (AvgIpc) is 3.40. The molecule has 0 amide bonds. The van der Waals surface area contributed by atoms with Crippen molar-refractivity contribution in [2.75, 3.05) is 13.7 Å². The molecular formula is C27H20Br2N2O5S. The third-order valence-corrected chi connectivity index (χ3v) is 8.44. The van der Waals surface area contributed by atoms with Gasteiger partial charge in [-0.05, 0) is 62.5 Å². The number of hydrogen-bond donors (Lipinski definition) is 0. The van der Waals surface area contributed by atoms with Crippen LogP contribution in [0, 0.1) is 0 Å². The van der Waals surface area contributed by atoms with Crippen LogP contribution >= 0.6 is 43.2 Å². The minimum atomic E-state index is -0.756. The molecule has 0 aliphatic carbocycles. The molecular weight excluding hydrogens is 624 g/mol. The first-order valence-corrected chi connectivity index (χ1v) is 13.7. The molecule has 0 spiro atoms. The lowest BCUT2D eigenvalue weighted by Gasteiger charge is -2.26. The van der Waals surface area contributed by atoms with Crippen molar-refractivity contribution < 1.29 is 18.7 Å². The van der Waals surface area contributed by atoms with Gasteiger partial charge in [-0.25, -0.2) is 9.79 Å². The minimum absolute atomic E-state index is 0.187. The number of aromatic nitrogens is 1. The number of nitrogens with zero attached hydrogens (tertiary/aromatic N) is 2. The molecule has 188 valence electrons. The topological polar surface area (TPSA) is 83.0 Å². The Labute approximate surface area is 232 Å². The number of carbonyl (C=O) groups excluding carboxylic acids is 1. The van der Waals surface area contributed by atoms with Crippen LogP contribution in [0.4, 0.5) is 0 Å². The van der Waals surface area contributed by atoms with E-state index in [9.17, 15) is 9.59 Å². The number of fused-ring (bicyclic) bond motifs is 1. The van der Waals surface area contributed by atoms with Crippen molar-refractivity contribution in [3.63, 3.8) is 0 Å². The smallest absolute Gasteiger partial charge is 0.338 e. The van der Waals surface area contributed by atoms with E-state index in [1.165, 1.54) is 11.3 Å². The highest BCUT2D eigenvalue weighted by atomic mass is 79.9. The molecule has 2 aromatic carbocycles. The number of hydrogen-bond acceptors (Lipinski definition) is 7. The molecule has 7 nitrogen and oxygen atoms in total. The van der Waals surface area contributed by atoms with Gasteiger partial charge in [0, 0.05) is 11.6 Å². The Morgan fingerprint density at radius 2 is 1.89 bits per heavy atom. The maximum atomic E-state index is 13.8. The first kappa shape index (κ1) is 25.4. The first-order valence-electron chi connectivity index (χ1n) is 11.3. The van der Waals surface area contributed by atoms with Crippen LogP contribution in [0.1, 0.15) is 29.9 Å². The normalized spacial score (nSPS) is 15.4. The summed E-state index contributed by atoms with van der Waals surface area (Å²) in [5.41, 5.74) is 1.95. The number of rotatable bonds is 6. The number of methoxy groups -OCH3 is 1. The molecule has 5 rings (SSSR count). The van der Waals surface area contributed by atoms with Gasteiger partial charge in [-0.3, -0.25) is 9.36 Å². The zero-order valence-electron chi connectivity index (χ0n) is 19.7. The Kier molecular flexibility index (Phi) is 7.32. The largest absolute Gasteiger partial charge is 0.497 e. The molecule has 37 heavy (non-hydrogen) atoms. The summed E-state index contributed by atoms with van der Waals surface area (Å²) in [5, 5.41) is 0. The van der Waals surface area contributed by atoms with Gasteiger partial charge in [-0.1, -0.05) is 53.8 Å². The molecule has 0 unspecified atom stereocenters. The lowest BCUT2D eigenvalue weighted by molar-refractivity contribution is -0.138. The van der Waals surface area contributed by atoms with E-state index >= 15 is 0 Å². The van der Waals surface area contributed by atoms with Crippen LogP contribution in [0.2, 0.25) is 0 Å². The number of thiazole rings is 1. The fraction of sp³-hybridized carbons (Fsp3) is 0.148. The summed E-state index contributed by atoms with van der Waals surface area (Å²) in [6.07, 6.45) is 1.67. The molecule has 0 saturated heterocycles. The highest BCUT2D eigenvalue weighted by Gasteiger charge is 2.35. The quantitative estimate of drug-likeness (QED) is 0.274. The van der Waals surface area contributed by atoms with Crippen molar-refractivity contribution >= 4 is 60.9 Å². The number of esters is 1. The number of ether oxygens (including phenoxy) is 2. The number of carbonyl (C=O) groups is 1. The molecule has 10 heteroatoms.